The Morgan fingerprint density at radius 3 is 1.78 bits per heavy atom. The molecule has 1 atom stereocenters. The molecule has 4 aromatic carbocycles. The summed E-state index contributed by atoms with van der Waals surface area (Å²) in [5.41, 5.74) is 3.21. The molecule has 1 aliphatic heterocycles. The highest BCUT2D eigenvalue weighted by Gasteiger charge is 2.36. The van der Waals surface area contributed by atoms with Crippen molar-refractivity contribution < 1.29 is 23.9 Å². The smallest absolute Gasteiger partial charge is 0.339 e. The third-order valence-electron chi connectivity index (χ3n) is 6.06. The SMILES string of the molecule is Cc1ccc(C(=O)C(OC(=O)c2ccc(N3C(=O)c4ccccc4C3=O)cc2)c2ccccc2)cc1. The average molecular weight is 476 g/mol. The van der Waals surface area contributed by atoms with E-state index in [2.05, 4.69) is 0 Å². The van der Waals surface area contributed by atoms with Gasteiger partial charge in [-0.25, -0.2) is 9.69 Å². The third kappa shape index (κ3) is 4.20. The molecule has 0 aromatic heterocycles. The zero-order valence-electron chi connectivity index (χ0n) is 19.4. The first-order chi connectivity index (χ1) is 17.4. The lowest BCUT2D eigenvalue weighted by Gasteiger charge is -2.18. The fourth-order valence-corrected chi connectivity index (χ4v) is 4.12. The van der Waals surface area contributed by atoms with Crippen LogP contribution in [0.25, 0.3) is 0 Å². The predicted octanol–water partition coefficient (Wildman–Crippen LogP) is 5.58. The van der Waals surface area contributed by atoms with Gasteiger partial charge in [-0.05, 0) is 43.3 Å². The molecule has 0 saturated carbocycles. The number of ether oxygens (including phenoxy) is 1. The van der Waals surface area contributed by atoms with Gasteiger partial charge in [0, 0.05) is 11.1 Å². The van der Waals surface area contributed by atoms with Crippen molar-refractivity contribution in [2.24, 2.45) is 0 Å². The Kier molecular flexibility index (Phi) is 6.00. The second-order valence-electron chi connectivity index (χ2n) is 8.46. The Bertz CT molecular complexity index is 1440. The largest absolute Gasteiger partial charge is 0.445 e. The molecule has 0 fully saturated rings. The van der Waals surface area contributed by atoms with Crippen LogP contribution in [0, 0.1) is 6.92 Å². The lowest BCUT2D eigenvalue weighted by molar-refractivity contribution is 0.0280. The molecule has 6 nitrogen and oxygen atoms in total. The Labute approximate surface area is 207 Å². The Balaban J connectivity index is 1.38. The molecule has 36 heavy (non-hydrogen) atoms. The molecule has 1 heterocycles. The van der Waals surface area contributed by atoms with E-state index in [1.807, 2.05) is 25.1 Å². The second kappa shape index (κ2) is 9.43. The summed E-state index contributed by atoms with van der Waals surface area (Å²) < 4.78 is 5.69. The Hall–Kier alpha value is -4.84. The van der Waals surface area contributed by atoms with Crippen LogP contribution in [0.4, 0.5) is 5.69 Å². The van der Waals surface area contributed by atoms with Crippen LogP contribution in [0.1, 0.15) is 58.7 Å². The van der Waals surface area contributed by atoms with Gasteiger partial charge in [-0.15, -0.1) is 0 Å². The molecule has 0 aliphatic carbocycles. The molecule has 5 rings (SSSR count). The zero-order chi connectivity index (χ0) is 25.2. The number of nitrogens with zero attached hydrogens (tertiary/aromatic N) is 1. The van der Waals surface area contributed by atoms with Gasteiger partial charge in [0.1, 0.15) is 0 Å². The van der Waals surface area contributed by atoms with Crippen molar-refractivity contribution in [3.8, 4) is 0 Å². The van der Waals surface area contributed by atoms with Crippen LogP contribution in [0.5, 0.6) is 0 Å². The normalized spacial score (nSPS) is 13.3. The maximum absolute atomic E-state index is 13.3. The number of carbonyl (C=O) groups excluding carboxylic acids is 4. The quantitative estimate of drug-likeness (QED) is 0.207. The number of carbonyl (C=O) groups is 4. The summed E-state index contributed by atoms with van der Waals surface area (Å²) in [6.45, 7) is 1.93. The number of Topliss-reactive ketones (excluding diaryl/α,β-unsaturated/α-hetero) is 1. The van der Waals surface area contributed by atoms with Gasteiger partial charge in [-0.1, -0.05) is 72.3 Å². The van der Waals surface area contributed by atoms with Gasteiger partial charge in [0.15, 0.2) is 6.10 Å². The monoisotopic (exact) mass is 475 g/mol. The minimum Gasteiger partial charge on any atom is -0.445 e. The molecule has 6 heteroatoms. The number of fused-ring (bicyclic) bond motifs is 1. The standard InChI is InChI=1S/C30H21NO5/c1-19-11-13-20(14-12-19)26(32)27(21-7-3-2-4-8-21)36-30(35)22-15-17-23(18-16-22)31-28(33)24-9-5-6-10-25(24)29(31)34/h2-18,27H,1H3. The van der Waals surface area contributed by atoms with Gasteiger partial charge in [-0.3, -0.25) is 14.4 Å². The number of imide groups is 1. The van der Waals surface area contributed by atoms with E-state index in [9.17, 15) is 19.2 Å². The average Bonchev–Trinajstić information content (AvgIpc) is 3.17. The summed E-state index contributed by atoms with van der Waals surface area (Å²) >= 11 is 0. The van der Waals surface area contributed by atoms with E-state index in [4.69, 9.17) is 4.74 Å². The van der Waals surface area contributed by atoms with E-state index in [0.717, 1.165) is 10.5 Å². The lowest BCUT2D eigenvalue weighted by atomic mass is 9.99. The highest BCUT2D eigenvalue weighted by molar-refractivity contribution is 6.34. The molecular weight excluding hydrogens is 454 g/mol. The van der Waals surface area contributed by atoms with E-state index >= 15 is 0 Å². The number of esters is 1. The molecule has 4 aromatic rings. The summed E-state index contributed by atoms with van der Waals surface area (Å²) in [6, 6.07) is 28.5. The van der Waals surface area contributed by atoms with Gasteiger partial charge in [0.2, 0.25) is 5.78 Å². The molecule has 0 saturated heterocycles. The van der Waals surface area contributed by atoms with Crippen LogP contribution >= 0.6 is 0 Å². The summed E-state index contributed by atoms with van der Waals surface area (Å²) in [5, 5.41) is 0. The molecule has 1 unspecified atom stereocenters. The first-order valence-electron chi connectivity index (χ1n) is 11.4. The Morgan fingerprint density at radius 2 is 1.19 bits per heavy atom. The summed E-state index contributed by atoms with van der Waals surface area (Å²) in [5.74, 6) is -1.87. The van der Waals surface area contributed by atoms with Crippen molar-refractivity contribution in [3.63, 3.8) is 0 Å². The van der Waals surface area contributed by atoms with Crippen molar-refractivity contribution in [2.45, 2.75) is 13.0 Å². The minimum atomic E-state index is -1.13. The van der Waals surface area contributed by atoms with E-state index in [1.54, 1.807) is 60.7 Å². The van der Waals surface area contributed by atoms with Crippen LogP contribution in [0.3, 0.4) is 0 Å². The first-order valence-corrected chi connectivity index (χ1v) is 11.4. The molecule has 1 aliphatic rings. The summed E-state index contributed by atoms with van der Waals surface area (Å²) in [7, 11) is 0. The molecule has 176 valence electrons. The van der Waals surface area contributed by atoms with Crippen molar-refractivity contribution in [3.05, 3.63) is 137 Å². The van der Waals surface area contributed by atoms with E-state index < -0.39 is 23.9 Å². The summed E-state index contributed by atoms with van der Waals surface area (Å²) in [4.78, 5) is 52.9. The number of aryl methyl sites for hydroxylation is 1. The predicted molar refractivity (Wildman–Crippen MR) is 134 cm³/mol. The second-order valence-corrected chi connectivity index (χ2v) is 8.46. The minimum absolute atomic E-state index is 0.188. The van der Waals surface area contributed by atoms with E-state index in [0.29, 0.717) is 27.9 Å². The van der Waals surface area contributed by atoms with Crippen LogP contribution in [-0.4, -0.2) is 23.6 Å². The molecule has 0 N–H and O–H groups in total. The molecule has 0 bridgehead atoms. The topological polar surface area (TPSA) is 80.8 Å². The van der Waals surface area contributed by atoms with Crippen molar-refractivity contribution in [2.75, 3.05) is 4.90 Å². The van der Waals surface area contributed by atoms with Gasteiger partial charge in [0.05, 0.1) is 22.4 Å². The fraction of sp³-hybridized carbons (Fsp3) is 0.0667. The number of rotatable bonds is 6. The van der Waals surface area contributed by atoms with Crippen molar-refractivity contribution in [1.82, 2.24) is 0 Å². The first kappa shape index (κ1) is 22.9. The molecular formula is C30H21NO5. The summed E-state index contributed by atoms with van der Waals surface area (Å²) in [6.07, 6.45) is -1.13. The highest BCUT2D eigenvalue weighted by Crippen LogP contribution is 2.29. The van der Waals surface area contributed by atoms with Gasteiger partial charge in [0.25, 0.3) is 11.8 Å². The molecule has 2 amide bonds. The Morgan fingerprint density at radius 1 is 0.667 bits per heavy atom. The maximum Gasteiger partial charge on any atom is 0.339 e. The van der Waals surface area contributed by atoms with Crippen molar-refractivity contribution in [1.29, 1.82) is 0 Å². The number of hydrogen-bond donors (Lipinski definition) is 0. The van der Waals surface area contributed by atoms with Gasteiger partial charge >= 0.3 is 5.97 Å². The van der Waals surface area contributed by atoms with E-state index in [1.165, 1.54) is 24.3 Å². The van der Waals surface area contributed by atoms with Crippen LogP contribution in [0.2, 0.25) is 0 Å². The van der Waals surface area contributed by atoms with Crippen LogP contribution < -0.4 is 4.90 Å². The van der Waals surface area contributed by atoms with Gasteiger partial charge in [-0.2, -0.15) is 0 Å². The number of anilines is 1. The molecule has 0 spiro atoms. The third-order valence-corrected chi connectivity index (χ3v) is 6.06. The van der Waals surface area contributed by atoms with E-state index in [-0.39, 0.29) is 11.3 Å². The van der Waals surface area contributed by atoms with Crippen molar-refractivity contribution >= 4 is 29.3 Å². The van der Waals surface area contributed by atoms with Crippen LogP contribution in [0.15, 0.2) is 103 Å². The number of ketones is 1. The zero-order valence-corrected chi connectivity index (χ0v) is 19.4. The fourth-order valence-electron chi connectivity index (χ4n) is 4.12. The van der Waals surface area contributed by atoms with Crippen LogP contribution in [-0.2, 0) is 4.74 Å². The number of amides is 2. The maximum atomic E-state index is 13.3. The number of benzene rings is 4. The number of hydrogen-bond acceptors (Lipinski definition) is 5. The highest BCUT2D eigenvalue weighted by atomic mass is 16.5. The lowest BCUT2D eigenvalue weighted by Crippen LogP contribution is -2.29. The molecule has 0 radical (unpaired) electrons. The van der Waals surface area contributed by atoms with Gasteiger partial charge < -0.3 is 4.74 Å².